The van der Waals surface area contributed by atoms with E-state index in [-0.39, 0.29) is 6.10 Å². The van der Waals surface area contributed by atoms with Crippen molar-refractivity contribution in [2.75, 3.05) is 0 Å². The number of hydrogen-bond donors (Lipinski definition) is 1. The number of aromatic nitrogens is 1. The number of allylic oxidation sites excluding steroid dienone is 4. The van der Waals surface area contributed by atoms with E-state index in [0.29, 0.717) is 29.8 Å². The predicted octanol–water partition coefficient (Wildman–Crippen LogP) is 5.31. The third-order valence-corrected chi connectivity index (χ3v) is 5.93. The average Bonchev–Trinajstić information content (AvgIpc) is 3.12. The van der Waals surface area contributed by atoms with Gasteiger partial charge < -0.3 is 15.1 Å². The van der Waals surface area contributed by atoms with E-state index in [2.05, 4.69) is 32.9 Å². The second-order valence-electron chi connectivity index (χ2n) is 8.78. The molecule has 2 heterocycles. The lowest BCUT2D eigenvalue weighted by Gasteiger charge is -2.29. The fraction of sp³-hybridized carbons (Fsp3) is 0.480. The Morgan fingerprint density at radius 3 is 2.69 bits per heavy atom. The van der Waals surface area contributed by atoms with Crippen molar-refractivity contribution in [3.63, 3.8) is 0 Å². The molecule has 1 aliphatic heterocycles. The second kappa shape index (κ2) is 8.58. The van der Waals surface area contributed by atoms with Crippen molar-refractivity contribution >= 4 is 10.9 Å². The van der Waals surface area contributed by atoms with Gasteiger partial charge in [-0.05, 0) is 59.4 Å². The lowest BCUT2D eigenvalue weighted by Crippen LogP contribution is -2.42. The van der Waals surface area contributed by atoms with Crippen molar-refractivity contribution in [3.8, 4) is 5.75 Å². The molecule has 0 spiro atoms. The van der Waals surface area contributed by atoms with E-state index >= 15 is 0 Å². The van der Waals surface area contributed by atoms with Crippen LogP contribution in [0.3, 0.4) is 0 Å². The van der Waals surface area contributed by atoms with Gasteiger partial charge in [-0.3, -0.25) is 0 Å². The van der Waals surface area contributed by atoms with Crippen LogP contribution in [0.1, 0.15) is 64.6 Å². The Balaban J connectivity index is 1.70. The first-order chi connectivity index (χ1) is 13.7. The molecular formula is C25H33NO3. The number of rotatable bonds is 7. The Labute approximate surface area is 174 Å². The van der Waals surface area contributed by atoms with Crippen LogP contribution in [0.2, 0.25) is 0 Å². The van der Waals surface area contributed by atoms with Crippen molar-refractivity contribution < 1.29 is 14.6 Å². The molecule has 0 amide bonds. The maximum absolute atomic E-state index is 12.6. The Morgan fingerprint density at radius 2 is 1.97 bits per heavy atom. The highest BCUT2D eigenvalue weighted by molar-refractivity contribution is 5.82. The van der Waals surface area contributed by atoms with Crippen molar-refractivity contribution in [1.82, 2.24) is 0 Å². The van der Waals surface area contributed by atoms with Crippen LogP contribution < -0.4 is 9.47 Å². The summed E-state index contributed by atoms with van der Waals surface area (Å²) in [4.78, 5) is 0. The van der Waals surface area contributed by atoms with Crippen molar-refractivity contribution in [1.29, 1.82) is 0 Å². The highest BCUT2D eigenvalue weighted by Gasteiger charge is 2.41. The normalized spacial score (nSPS) is 18.3. The highest BCUT2D eigenvalue weighted by Crippen LogP contribution is 2.39. The summed E-state index contributed by atoms with van der Waals surface area (Å²) in [6.45, 7) is 10.0. The van der Waals surface area contributed by atoms with Gasteiger partial charge in [0.2, 0.25) is 11.2 Å². The number of ether oxygens (including phenoxy) is 1. The first-order valence-electron chi connectivity index (χ1n) is 10.5. The lowest BCUT2D eigenvalue weighted by molar-refractivity contribution is -0.584. The summed E-state index contributed by atoms with van der Waals surface area (Å²) in [5.74, 6) is 0.637. The van der Waals surface area contributed by atoms with Gasteiger partial charge in [0, 0.05) is 25.0 Å². The zero-order valence-electron chi connectivity index (χ0n) is 18.3. The van der Waals surface area contributed by atoms with Crippen LogP contribution >= 0.6 is 0 Å². The minimum atomic E-state index is -0.961. The molecule has 0 aliphatic carbocycles. The van der Waals surface area contributed by atoms with Gasteiger partial charge >= 0.3 is 0 Å². The van der Waals surface area contributed by atoms with Crippen molar-refractivity contribution in [3.05, 3.63) is 64.0 Å². The largest absolute Gasteiger partial charge is 0.618 e. The summed E-state index contributed by atoms with van der Waals surface area (Å²) in [6.07, 6.45) is 8.30. The second-order valence-corrected chi connectivity index (χ2v) is 8.78. The molecule has 0 fully saturated rings. The Morgan fingerprint density at radius 1 is 1.24 bits per heavy atom. The van der Waals surface area contributed by atoms with Gasteiger partial charge in [0.15, 0.2) is 5.75 Å². The number of pyridine rings is 1. The van der Waals surface area contributed by atoms with Crippen LogP contribution in [0.15, 0.2) is 47.6 Å². The molecule has 2 aromatic rings. The molecule has 0 unspecified atom stereocenters. The summed E-state index contributed by atoms with van der Waals surface area (Å²) in [5, 5.41) is 24.6. The minimum Gasteiger partial charge on any atom is -0.618 e. The Kier molecular flexibility index (Phi) is 6.33. The topological polar surface area (TPSA) is 56.4 Å². The van der Waals surface area contributed by atoms with E-state index in [0.717, 1.165) is 34.9 Å². The Bertz CT molecular complexity index is 952. The van der Waals surface area contributed by atoms with E-state index in [9.17, 15) is 10.3 Å². The van der Waals surface area contributed by atoms with Gasteiger partial charge in [-0.2, -0.15) is 4.73 Å². The molecule has 4 nitrogen and oxygen atoms in total. The van der Waals surface area contributed by atoms with Crippen LogP contribution in [-0.2, 0) is 6.42 Å². The third-order valence-electron chi connectivity index (χ3n) is 5.93. The van der Waals surface area contributed by atoms with Gasteiger partial charge in [-0.15, -0.1) is 0 Å². The number of hydrogen-bond acceptors (Lipinski definition) is 3. The van der Waals surface area contributed by atoms with E-state index in [1.54, 1.807) is 6.92 Å². The van der Waals surface area contributed by atoms with Gasteiger partial charge in [0.25, 0.3) is 0 Å². The van der Waals surface area contributed by atoms with Crippen LogP contribution in [0.4, 0.5) is 0 Å². The number of nitrogens with zero attached hydrogens (tertiary/aromatic N) is 1. The summed E-state index contributed by atoms with van der Waals surface area (Å²) >= 11 is 0. The molecule has 0 radical (unpaired) electrons. The molecule has 4 heteroatoms. The number of aliphatic hydroxyl groups is 1. The highest BCUT2D eigenvalue weighted by atomic mass is 16.5. The van der Waals surface area contributed by atoms with Crippen molar-refractivity contribution in [2.24, 2.45) is 0 Å². The fourth-order valence-corrected chi connectivity index (χ4v) is 4.06. The van der Waals surface area contributed by atoms with E-state index < -0.39 is 5.60 Å². The molecule has 1 aromatic heterocycles. The minimum absolute atomic E-state index is 0.346. The monoisotopic (exact) mass is 395 g/mol. The number of benzene rings is 1. The summed E-state index contributed by atoms with van der Waals surface area (Å²) in [5.41, 5.74) is 3.99. The number of para-hydroxylation sites is 1. The zero-order chi connectivity index (χ0) is 21.2. The molecule has 156 valence electrons. The average molecular weight is 396 g/mol. The molecule has 1 aliphatic rings. The van der Waals surface area contributed by atoms with Gasteiger partial charge in [0.05, 0.1) is 11.0 Å². The van der Waals surface area contributed by atoms with Crippen LogP contribution in [0, 0.1) is 12.1 Å². The molecule has 3 rings (SSSR count). The van der Waals surface area contributed by atoms with Crippen LogP contribution in [0.25, 0.3) is 10.9 Å². The van der Waals surface area contributed by atoms with Crippen LogP contribution in [-0.4, -0.2) is 16.8 Å². The molecule has 1 N–H and O–H groups in total. The smallest absolute Gasteiger partial charge is 0.232 e. The third kappa shape index (κ3) is 4.64. The van der Waals surface area contributed by atoms with E-state index in [4.69, 9.17) is 4.74 Å². The Hall–Kier alpha value is -2.33. The quantitative estimate of drug-likeness (QED) is 0.393. The lowest BCUT2D eigenvalue weighted by atomic mass is 9.89. The molecule has 0 bridgehead atoms. The van der Waals surface area contributed by atoms with Gasteiger partial charge in [-0.1, -0.05) is 35.4 Å². The molecule has 0 saturated heterocycles. The maximum atomic E-state index is 12.6. The van der Waals surface area contributed by atoms with Crippen molar-refractivity contribution in [2.45, 2.75) is 78.4 Å². The first-order valence-corrected chi connectivity index (χ1v) is 10.5. The molecular weight excluding hydrogens is 362 g/mol. The van der Waals surface area contributed by atoms with Gasteiger partial charge in [-0.25, -0.2) is 0 Å². The summed E-state index contributed by atoms with van der Waals surface area (Å²) in [7, 11) is 0. The molecule has 29 heavy (non-hydrogen) atoms. The summed E-state index contributed by atoms with van der Waals surface area (Å²) < 4.78 is 7.08. The first kappa shape index (κ1) is 21.4. The molecule has 1 aromatic carbocycles. The predicted molar refractivity (Wildman–Crippen MR) is 118 cm³/mol. The van der Waals surface area contributed by atoms with Gasteiger partial charge in [0.1, 0.15) is 6.10 Å². The fourth-order valence-electron chi connectivity index (χ4n) is 4.06. The summed E-state index contributed by atoms with van der Waals surface area (Å²) in [6, 6.07) is 7.61. The maximum Gasteiger partial charge on any atom is 0.232 e. The molecule has 2 atom stereocenters. The zero-order valence-corrected chi connectivity index (χ0v) is 18.3. The SMILES string of the molecule is CC(C)=CCC/C(C)=C/CC[C@@](C)(O)[C@@H]1Cc2c(c(C)[n+]([O-])c3ccccc23)O1. The van der Waals surface area contributed by atoms with E-state index in [1.165, 1.54) is 11.1 Å². The van der Waals surface area contributed by atoms with Crippen LogP contribution in [0.5, 0.6) is 5.75 Å². The molecule has 0 saturated carbocycles. The van der Waals surface area contributed by atoms with E-state index in [1.807, 2.05) is 31.2 Å². The standard InChI is InChI=1S/C25H33NO3/c1-17(2)10-8-11-18(3)12-9-15-25(5,27)23-16-21-20-13-6-7-14-22(20)26(28)19(4)24(21)29-23/h6-7,10,12-14,23,27H,8-9,11,15-16H2,1-5H3/b18-12+/t23-,25+/m0/s1. The number of fused-ring (bicyclic) bond motifs is 3.